The fourth-order valence-corrected chi connectivity index (χ4v) is 4.04. The van der Waals surface area contributed by atoms with Gasteiger partial charge in [-0.25, -0.2) is 22.9 Å². The average Bonchev–Trinajstić information content (AvgIpc) is 3.09. The van der Waals surface area contributed by atoms with Crippen LogP contribution in [0.25, 0.3) is 27.9 Å². The Morgan fingerprint density at radius 2 is 1.86 bits per heavy atom. The van der Waals surface area contributed by atoms with Crippen LogP contribution in [0.2, 0.25) is 0 Å². The number of halogens is 3. The normalized spacial score (nSPS) is 12.7. The van der Waals surface area contributed by atoms with Crippen LogP contribution in [-0.4, -0.2) is 38.7 Å². The van der Waals surface area contributed by atoms with Crippen LogP contribution in [0, 0.1) is 0 Å². The van der Waals surface area contributed by atoms with Gasteiger partial charge < -0.3 is 0 Å². The van der Waals surface area contributed by atoms with E-state index in [0.29, 0.717) is 17.0 Å². The molecule has 1 aromatic carbocycles. The molecule has 144 valence electrons. The van der Waals surface area contributed by atoms with E-state index in [2.05, 4.69) is 20.1 Å². The zero-order valence-corrected chi connectivity index (χ0v) is 15.2. The molecule has 3 aromatic heterocycles. The van der Waals surface area contributed by atoms with Crippen molar-refractivity contribution in [1.29, 1.82) is 0 Å². The van der Waals surface area contributed by atoms with E-state index in [0.717, 1.165) is 10.7 Å². The first-order valence-electron chi connectivity index (χ1n) is 8.11. The molecule has 0 atom stereocenters. The highest BCUT2D eigenvalue weighted by Gasteiger charge is 2.33. The van der Waals surface area contributed by atoms with Crippen molar-refractivity contribution in [3.05, 3.63) is 48.5 Å². The zero-order valence-electron chi connectivity index (χ0n) is 14.3. The maximum absolute atomic E-state index is 12.9. The fourth-order valence-electron chi connectivity index (χ4n) is 2.80. The molecule has 0 bridgehead atoms. The Balaban J connectivity index is 2.00. The Labute approximate surface area is 156 Å². The molecular weight excluding hydrogens is 395 g/mol. The molecule has 3 heterocycles. The Morgan fingerprint density at radius 1 is 1.11 bits per heavy atom. The van der Waals surface area contributed by atoms with Gasteiger partial charge in [0.2, 0.25) is 5.82 Å². The van der Waals surface area contributed by atoms with Gasteiger partial charge in [0.05, 0.1) is 18.1 Å². The summed E-state index contributed by atoms with van der Waals surface area (Å²) in [4.78, 5) is 11.6. The smallest absolute Gasteiger partial charge is 0.251 e. The topological polar surface area (TPSA) is 90.1 Å². The van der Waals surface area contributed by atoms with Gasteiger partial charge in [-0.3, -0.25) is 4.98 Å². The van der Waals surface area contributed by atoms with E-state index in [1.54, 1.807) is 24.3 Å². The van der Waals surface area contributed by atoms with Crippen LogP contribution in [0.3, 0.4) is 0 Å². The molecule has 0 saturated carbocycles. The van der Waals surface area contributed by atoms with Crippen LogP contribution >= 0.6 is 0 Å². The van der Waals surface area contributed by atoms with Gasteiger partial charge in [-0.05, 0) is 0 Å². The number of aromatic nitrogens is 5. The summed E-state index contributed by atoms with van der Waals surface area (Å²) in [6.45, 7) is 1.50. The average molecular weight is 407 g/mol. The number of benzene rings is 1. The maximum Gasteiger partial charge on any atom is 0.434 e. The monoisotopic (exact) mass is 407 g/mol. The third kappa shape index (κ3) is 2.97. The molecule has 0 aliphatic heterocycles. The number of alkyl halides is 3. The quantitative estimate of drug-likeness (QED) is 0.518. The van der Waals surface area contributed by atoms with Crippen molar-refractivity contribution in [3.8, 4) is 11.5 Å². The predicted octanol–water partition coefficient (Wildman–Crippen LogP) is 3.15. The summed E-state index contributed by atoms with van der Waals surface area (Å²) >= 11 is 0. The number of nitrogens with zero attached hydrogens (tertiary/aromatic N) is 5. The second kappa shape index (κ2) is 6.23. The van der Waals surface area contributed by atoms with Gasteiger partial charge in [0.1, 0.15) is 10.6 Å². The molecule has 4 aromatic rings. The molecule has 0 amide bonds. The van der Waals surface area contributed by atoms with Crippen LogP contribution in [0.5, 0.6) is 0 Å². The summed E-state index contributed by atoms with van der Waals surface area (Å²) in [5.74, 6) is -0.276. The van der Waals surface area contributed by atoms with E-state index in [1.165, 1.54) is 13.1 Å². The van der Waals surface area contributed by atoms with E-state index >= 15 is 0 Å². The molecule has 28 heavy (non-hydrogen) atoms. The summed E-state index contributed by atoms with van der Waals surface area (Å²) < 4.78 is 65.0. The molecule has 4 rings (SSSR count). The number of rotatable bonds is 3. The summed E-state index contributed by atoms with van der Waals surface area (Å²) in [5, 5.41) is 5.07. The highest BCUT2D eigenvalue weighted by molar-refractivity contribution is 7.91. The number of fused-ring (bicyclic) bond motifs is 2. The number of hydrogen-bond donors (Lipinski definition) is 0. The Bertz CT molecular complexity index is 1320. The van der Waals surface area contributed by atoms with Gasteiger partial charge in [0, 0.05) is 17.0 Å². The van der Waals surface area contributed by atoms with Crippen LogP contribution in [0.4, 0.5) is 13.2 Å². The molecule has 0 unspecified atom stereocenters. The van der Waals surface area contributed by atoms with Gasteiger partial charge in [0.25, 0.3) is 0 Å². The van der Waals surface area contributed by atoms with E-state index < -0.39 is 21.7 Å². The first-order chi connectivity index (χ1) is 13.2. The second-order valence-electron chi connectivity index (χ2n) is 5.94. The van der Waals surface area contributed by atoms with Gasteiger partial charge in [0.15, 0.2) is 21.2 Å². The van der Waals surface area contributed by atoms with Crippen molar-refractivity contribution in [3.63, 3.8) is 0 Å². The predicted molar refractivity (Wildman–Crippen MR) is 94.2 cm³/mol. The van der Waals surface area contributed by atoms with Crippen LogP contribution in [0.1, 0.15) is 12.6 Å². The minimum Gasteiger partial charge on any atom is -0.251 e. The van der Waals surface area contributed by atoms with Crippen LogP contribution in [-0.2, 0) is 16.0 Å². The van der Waals surface area contributed by atoms with Crippen molar-refractivity contribution in [2.75, 3.05) is 5.75 Å². The number of hydrogen-bond acceptors (Lipinski definition) is 6. The van der Waals surface area contributed by atoms with E-state index in [1.807, 2.05) is 0 Å². The Kier molecular flexibility index (Phi) is 4.07. The Hall–Kier alpha value is -3.08. The van der Waals surface area contributed by atoms with Crippen molar-refractivity contribution in [1.82, 2.24) is 24.6 Å². The van der Waals surface area contributed by atoms with Crippen molar-refractivity contribution in [2.45, 2.75) is 18.0 Å². The number of pyridine rings is 1. The van der Waals surface area contributed by atoms with Gasteiger partial charge in [-0.2, -0.15) is 13.2 Å². The van der Waals surface area contributed by atoms with Crippen LogP contribution in [0.15, 0.2) is 47.8 Å². The standard InChI is InChI=1S/C17H12F3N5O2S/c1-2-28(26,27)15-11-6-4-3-5-10(11)7-22-14(15)16-23-13-8-21-12(17(18,19)20)9-25(13)24-16/h3-9H,2H2,1H3. The van der Waals surface area contributed by atoms with Crippen LogP contribution < -0.4 is 0 Å². The third-order valence-corrected chi connectivity index (χ3v) is 5.96. The lowest BCUT2D eigenvalue weighted by molar-refractivity contribution is -0.141. The van der Waals surface area contributed by atoms with E-state index in [4.69, 9.17) is 0 Å². The molecule has 0 spiro atoms. The lowest BCUT2D eigenvalue weighted by Crippen LogP contribution is -2.09. The van der Waals surface area contributed by atoms with E-state index in [9.17, 15) is 21.6 Å². The molecule has 0 fully saturated rings. The maximum atomic E-state index is 12.9. The molecule has 7 nitrogen and oxygen atoms in total. The van der Waals surface area contributed by atoms with Crippen molar-refractivity contribution in [2.24, 2.45) is 0 Å². The first kappa shape index (κ1) is 18.3. The minimum absolute atomic E-state index is 0.0159. The van der Waals surface area contributed by atoms with Crippen molar-refractivity contribution >= 4 is 26.3 Å². The minimum atomic E-state index is -4.64. The lowest BCUT2D eigenvalue weighted by atomic mass is 10.1. The van der Waals surface area contributed by atoms with E-state index in [-0.39, 0.29) is 27.8 Å². The molecule has 0 N–H and O–H groups in total. The molecule has 0 aliphatic rings. The first-order valence-corrected chi connectivity index (χ1v) is 9.76. The highest BCUT2D eigenvalue weighted by atomic mass is 32.2. The second-order valence-corrected chi connectivity index (χ2v) is 8.15. The van der Waals surface area contributed by atoms with Gasteiger partial charge >= 0.3 is 6.18 Å². The largest absolute Gasteiger partial charge is 0.434 e. The highest BCUT2D eigenvalue weighted by Crippen LogP contribution is 2.32. The molecule has 11 heteroatoms. The molecule has 0 saturated heterocycles. The summed E-state index contributed by atoms with van der Waals surface area (Å²) in [7, 11) is -3.72. The SMILES string of the molecule is CCS(=O)(=O)c1c(-c2nc3cnc(C(F)(F)F)cn3n2)ncc2ccccc12. The molecule has 0 aliphatic carbocycles. The summed E-state index contributed by atoms with van der Waals surface area (Å²) in [5.41, 5.74) is -1.11. The molecular formula is C17H12F3N5O2S. The summed E-state index contributed by atoms with van der Waals surface area (Å²) in [6.07, 6.45) is -1.54. The van der Waals surface area contributed by atoms with Gasteiger partial charge in [-0.1, -0.05) is 31.2 Å². The summed E-state index contributed by atoms with van der Waals surface area (Å²) in [6, 6.07) is 6.80. The third-order valence-electron chi connectivity index (χ3n) is 4.17. The molecule has 0 radical (unpaired) electrons. The number of sulfone groups is 1. The fraction of sp³-hybridized carbons (Fsp3) is 0.176. The van der Waals surface area contributed by atoms with Crippen molar-refractivity contribution < 1.29 is 21.6 Å². The van der Waals surface area contributed by atoms with Gasteiger partial charge in [-0.15, -0.1) is 5.10 Å². The lowest BCUT2D eigenvalue weighted by Gasteiger charge is -2.09. The zero-order chi connectivity index (χ0) is 20.1. The Morgan fingerprint density at radius 3 is 2.57 bits per heavy atom.